The zero-order chi connectivity index (χ0) is 24.1. The summed E-state index contributed by atoms with van der Waals surface area (Å²) >= 11 is 0. The molecule has 0 spiro atoms. The van der Waals surface area contributed by atoms with E-state index in [1.807, 2.05) is 39.0 Å². The second kappa shape index (κ2) is 10.3. The van der Waals surface area contributed by atoms with Crippen LogP contribution in [0.25, 0.3) is 10.8 Å². The number of alkyl halides is 3. The number of ether oxygens (including phenoxy) is 1. The van der Waals surface area contributed by atoms with Gasteiger partial charge in [-0.3, -0.25) is 0 Å². The lowest BCUT2D eigenvalue weighted by Gasteiger charge is -2.27. The molecule has 0 aromatic heterocycles. The van der Waals surface area contributed by atoms with Gasteiger partial charge in [0, 0.05) is 13.1 Å². The van der Waals surface area contributed by atoms with Crippen LogP contribution in [0, 0.1) is 0 Å². The van der Waals surface area contributed by atoms with Crippen LogP contribution in [0.2, 0.25) is 0 Å². The van der Waals surface area contributed by atoms with Gasteiger partial charge in [-0.2, -0.15) is 13.2 Å². The minimum Gasteiger partial charge on any atom is -0.444 e. The maximum Gasteiger partial charge on any atom is 0.416 e. The second-order valence-corrected chi connectivity index (χ2v) is 9.16. The Kier molecular flexibility index (Phi) is 7.67. The Bertz CT molecular complexity index is 1080. The molecule has 3 aromatic rings. The van der Waals surface area contributed by atoms with Crippen LogP contribution >= 0.6 is 0 Å². The highest BCUT2D eigenvalue weighted by Crippen LogP contribution is 2.29. The maximum absolute atomic E-state index is 13.0. The van der Waals surface area contributed by atoms with Crippen molar-refractivity contribution in [2.75, 3.05) is 13.1 Å². The summed E-state index contributed by atoms with van der Waals surface area (Å²) in [6.07, 6.45) is -3.14. The molecule has 0 radical (unpaired) electrons. The number of carbonyl (C=O) groups excluding carboxylic acids is 1. The molecule has 0 atom stereocenters. The third-order valence-electron chi connectivity index (χ3n) is 5.33. The van der Waals surface area contributed by atoms with Crippen LogP contribution in [0.1, 0.15) is 43.9 Å². The third-order valence-corrected chi connectivity index (χ3v) is 5.33. The van der Waals surface area contributed by atoms with Gasteiger partial charge in [-0.15, -0.1) is 0 Å². The lowest BCUT2D eigenvalue weighted by molar-refractivity contribution is -0.137. The minimum absolute atomic E-state index is 0.399. The van der Waals surface area contributed by atoms with Crippen molar-refractivity contribution in [2.24, 2.45) is 0 Å². The monoisotopic (exact) mass is 457 g/mol. The first-order valence-corrected chi connectivity index (χ1v) is 11.1. The van der Waals surface area contributed by atoms with Gasteiger partial charge in [0.1, 0.15) is 5.60 Å². The van der Waals surface area contributed by atoms with Gasteiger partial charge in [0.15, 0.2) is 0 Å². The van der Waals surface area contributed by atoms with Crippen molar-refractivity contribution in [3.05, 3.63) is 83.4 Å². The number of fused-ring (bicyclic) bond motifs is 1. The van der Waals surface area contributed by atoms with Gasteiger partial charge in [0.25, 0.3) is 0 Å². The average molecular weight is 458 g/mol. The maximum atomic E-state index is 13.0. The first kappa shape index (κ1) is 24.6. The highest BCUT2D eigenvalue weighted by Gasteiger charge is 2.30. The van der Waals surface area contributed by atoms with Crippen molar-refractivity contribution in [1.82, 2.24) is 4.90 Å². The topological polar surface area (TPSA) is 29.5 Å². The number of carbonyl (C=O) groups is 1. The van der Waals surface area contributed by atoms with Crippen LogP contribution in [0.3, 0.4) is 0 Å². The molecule has 6 heteroatoms. The van der Waals surface area contributed by atoms with Crippen LogP contribution < -0.4 is 0 Å². The number of hydrogen-bond acceptors (Lipinski definition) is 2. The Balaban J connectivity index is 1.68. The number of halogens is 3. The van der Waals surface area contributed by atoms with Crippen molar-refractivity contribution < 1.29 is 22.7 Å². The normalized spacial score (nSPS) is 12.1. The van der Waals surface area contributed by atoms with Gasteiger partial charge in [-0.05, 0) is 68.0 Å². The summed E-state index contributed by atoms with van der Waals surface area (Å²) in [7, 11) is 0. The summed E-state index contributed by atoms with van der Waals surface area (Å²) in [6, 6.07) is 19.6. The molecule has 33 heavy (non-hydrogen) atoms. The van der Waals surface area contributed by atoms with E-state index in [0.29, 0.717) is 37.9 Å². The van der Waals surface area contributed by atoms with Crippen molar-refractivity contribution in [1.29, 1.82) is 0 Å². The van der Waals surface area contributed by atoms with E-state index in [0.717, 1.165) is 22.4 Å². The summed E-state index contributed by atoms with van der Waals surface area (Å²) in [5, 5.41) is 2.29. The molecule has 0 saturated carbocycles. The van der Waals surface area contributed by atoms with Crippen LogP contribution in [0.4, 0.5) is 18.0 Å². The van der Waals surface area contributed by atoms with Gasteiger partial charge in [-0.25, -0.2) is 4.79 Å². The van der Waals surface area contributed by atoms with Gasteiger partial charge in [-0.1, -0.05) is 60.7 Å². The van der Waals surface area contributed by atoms with Crippen molar-refractivity contribution in [3.8, 4) is 0 Å². The Morgan fingerprint density at radius 2 is 1.58 bits per heavy atom. The quantitative estimate of drug-likeness (QED) is 0.373. The van der Waals surface area contributed by atoms with Crippen LogP contribution in [0.5, 0.6) is 0 Å². The number of nitrogens with zero attached hydrogens (tertiary/aromatic N) is 1. The van der Waals surface area contributed by atoms with E-state index < -0.39 is 23.4 Å². The number of rotatable bonds is 7. The molecule has 0 N–H and O–H groups in total. The SMILES string of the molecule is CC(C)(C)OC(=O)N(CCCc1cccc(C(F)(F)F)c1)CCc1cccc2ccccc12. The van der Waals surface area contributed by atoms with E-state index in [-0.39, 0.29) is 0 Å². The summed E-state index contributed by atoms with van der Waals surface area (Å²) in [4.78, 5) is 14.5. The molecule has 3 nitrogen and oxygen atoms in total. The lowest BCUT2D eigenvalue weighted by Crippen LogP contribution is -2.38. The molecular weight excluding hydrogens is 427 g/mol. The highest BCUT2D eigenvalue weighted by molar-refractivity contribution is 5.85. The zero-order valence-electron chi connectivity index (χ0n) is 19.3. The number of amides is 1. The Labute approximate surface area is 193 Å². The van der Waals surface area contributed by atoms with E-state index in [1.54, 1.807) is 11.0 Å². The molecule has 0 aliphatic rings. The minimum atomic E-state index is -4.36. The van der Waals surface area contributed by atoms with Gasteiger partial charge < -0.3 is 9.64 Å². The molecule has 176 valence electrons. The van der Waals surface area contributed by atoms with Crippen LogP contribution in [-0.2, 0) is 23.8 Å². The Morgan fingerprint density at radius 3 is 2.30 bits per heavy atom. The molecule has 0 aliphatic heterocycles. The number of benzene rings is 3. The molecule has 3 aromatic carbocycles. The van der Waals surface area contributed by atoms with E-state index in [2.05, 4.69) is 24.3 Å². The largest absolute Gasteiger partial charge is 0.444 e. The van der Waals surface area contributed by atoms with Gasteiger partial charge >= 0.3 is 12.3 Å². The summed E-state index contributed by atoms with van der Waals surface area (Å²) in [5.74, 6) is 0. The fourth-order valence-electron chi connectivity index (χ4n) is 3.76. The molecule has 0 saturated heterocycles. The fraction of sp³-hybridized carbons (Fsp3) is 0.370. The first-order chi connectivity index (χ1) is 15.5. The fourth-order valence-corrected chi connectivity index (χ4v) is 3.76. The first-order valence-electron chi connectivity index (χ1n) is 11.1. The van der Waals surface area contributed by atoms with E-state index in [9.17, 15) is 18.0 Å². The summed E-state index contributed by atoms with van der Waals surface area (Å²) in [6.45, 7) is 6.31. The predicted molar refractivity (Wildman–Crippen MR) is 125 cm³/mol. The van der Waals surface area contributed by atoms with Crippen molar-refractivity contribution >= 4 is 16.9 Å². The molecule has 3 rings (SSSR count). The van der Waals surface area contributed by atoms with E-state index in [4.69, 9.17) is 4.74 Å². The van der Waals surface area contributed by atoms with Crippen molar-refractivity contribution in [3.63, 3.8) is 0 Å². The van der Waals surface area contributed by atoms with E-state index >= 15 is 0 Å². The highest BCUT2D eigenvalue weighted by atomic mass is 19.4. The zero-order valence-corrected chi connectivity index (χ0v) is 19.3. The molecule has 1 amide bonds. The molecular formula is C27H30F3NO2. The third kappa shape index (κ3) is 7.24. The van der Waals surface area contributed by atoms with Crippen LogP contribution in [-0.4, -0.2) is 29.7 Å². The van der Waals surface area contributed by atoms with Crippen molar-refractivity contribution in [2.45, 2.75) is 51.8 Å². The predicted octanol–water partition coefficient (Wildman–Crippen LogP) is 7.27. The lowest BCUT2D eigenvalue weighted by atomic mass is 10.0. The number of hydrogen-bond donors (Lipinski definition) is 0. The smallest absolute Gasteiger partial charge is 0.416 e. The van der Waals surface area contributed by atoms with Crippen LogP contribution in [0.15, 0.2) is 66.7 Å². The molecule has 0 fully saturated rings. The van der Waals surface area contributed by atoms with Gasteiger partial charge in [0.2, 0.25) is 0 Å². The summed E-state index contributed by atoms with van der Waals surface area (Å²) in [5.41, 5.74) is 0.457. The second-order valence-electron chi connectivity index (χ2n) is 9.16. The Hall–Kier alpha value is -3.02. The molecule has 0 bridgehead atoms. The van der Waals surface area contributed by atoms with E-state index in [1.165, 1.54) is 12.1 Å². The summed E-state index contributed by atoms with van der Waals surface area (Å²) < 4.78 is 44.5. The Morgan fingerprint density at radius 1 is 0.879 bits per heavy atom. The number of aryl methyl sites for hydroxylation is 1. The molecule has 0 aliphatic carbocycles. The average Bonchev–Trinajstić information content (AvgIpc) is 2.74. The van der Waals surface area contributed by atoms with Gasteiger partial charge in [0.05, 0.1) is 5.56 Å². The molecule has 0 unspecified atom stereocenters. The standard InChI is InChI=1S/C27H30F3NO2/c1-26(2,3)33-25(32)31(17-8-10-20-9-6-14-23(19-20)27(28,29)30)18-16-22-13-7-12-21-11-4-5-15-24(21)22/h4-7,9,11-15,19H,8,10,16-18H2,1-3H3. The molecule has 0 heterocycles.